The predicted octanol–water partition coefficient (Wildman–Crippen LogP) is 4.16. The Morgan fingerprint density at radius 1 is 1.04 bits per heavy atom. The Labute approximate surface area is 140 Å². The summed E-state index contributed by atoms with van der Waals surface area (Å²) in [4.78, 5) is 8.32. The molecule has 0 spiro atoms. The van der Waals surface area contributed by atoms with Crippen LogP contribution in [0.4, 0.5) is 10.2 Å². The fraction of sp³-hybridized carbons (Fsp3) is 0.158. The molecule has 1 atom stereocenters. The molecule has 1 aromatic heterocycles. The Morgan fingerprint density at radius 3 is 2.54 bits per heavy atom. The zero-order valence-corrected chi connectivity index (χ0v) is 13.3. The average molecular weight is 323 g/mol. The summed E-state index contributed by atoms with van der Waals surface area (Å²) < 4.78 is 19.4. The molecule has 0 radical (unpaired) electrons. The quantitative estimate of drug-likeness (QED) is 0.740. The van der Waals surface area contributed by atoms with Gasteiger partial charge in [0.2, 0.25) is 0 Å². The van der Waals surface area contributed by atoms with Crippen molar-refractivity contribution in [2.45, 2.75) is 13.0 Å². The first-order chi connectivity index (χ1) is 11.7. The summed E-state index contributed by atoms with van der Waals surface area (Å²) in [6, 6.07) is 17.9. The summed E-state index contributed by atoms with van der Waals surface area (Å²) in [5, 5.41) is 3.33. The van der Waals surface area contributed by atoms with Crippen molar-refractivity contribution in [3.8, 4) is 5.75 Å². The van der Waals surface area contributed by atoms with Crippen molar-refractivity contribution < 1.29 is 9.13 Å². The van der Waals surface area contributed by atoms with Crippen molar-refractivity contribution in [1.82, 2.24) is 9.97 Å². The molecule has 0 aliphatic heterocycles. The van der Waals surface area contributed by atoms with Crippen LogP contribution in [-0.4, -0.2) is 16.6 Å². The van der Waals surface area contributed by atoms with Crippen molar-refractivity contribution in [2.75, 3.05) is 11.9 Å². The molecule has 0 fully saturated rings. The third kappa shape index (κ3) is 4.07. The van der Waals surface area contributed by atoms with Gasteiger partial charge in [0.05, 0.1) is 6.04 Å². The van der Waals surface area contributed by atoms with Crippen LogP contribution in [0.1, 0.15) is 17.3 Å². The first-order valence-electron chi connectivity index (χ1n) is 7.70. The standard InChI is InChI=1S/C19H18FN3O/c1-14-11-19(22-13-21-14)23-17(15-7-3-2-4-8-15)12-24-18-10-6-5-9-16(18)20/h2-11,13,17H,12H2,1H3,(H,21,22,23). The summed E-state index contributed by atoms with van der Waals surface area (Å²) in [7, 11) is 0. The molecule has 1 heterocycles. The lowest BCUT2D eigenvalue weighted by Gasteiger charge is -2.20. The average Bonchev–Trinajstić information content (AvgIpc) is 2.61. The van der Waals surface area contributed by atoms with Gasteiger partial charge in [-0.3, -0.25) is 0 Å². The number of anilines is 1. The van der Waals surface area contributed by atoms with Crippen LogP contribution in [0.5, 0.6) is 5.75 Å². The topological polar surface area (TPSA) is 47.0 Å². The van der Waals surface area contributed by atoms with E-state index in [0.29, 0.717) is 5.82 Å². The number of nitrogens with zero attached hydrogens (tertiary/aromatic N) is 2. The van der Waals surface area contributed by atoms with Gasteiger partial charge in [-0.2, -0.15) is 0 Å². The van der Waals surface area contributed by atoms with Crippen molar-refractivity contribution in [1.29, 1.82) is 0 Å². The summed E-state index contributed by atoms with van der Waals surface area (Å²) in [5.74, 6) is 0.565. The minimum Gasteiger partial charge on any atom is -0.488 e. The number of rotatable bonds is 6. The van der Waals surface area contributed by atoms with Crippen LogP contribution in [0, 0.1) is 12.7 Å². The van der Waals surface area contributed by atoms with Crippen LogP contribution in [0.2, 0.25) is 0 Å². The molecule has 0 bridgehead atoms. The van der Waals surface area contributed by atoms with Gasteiger partial charge in [-0.15, -0.1) is 0 Å². The highest BCUT2D eigenvalue weighted by atomic mass is 19.1. The highest BCUT2D eigenvalue weighted by molar-refractivity contribution is 5.39. The maximum absolute atomic E-state index is 13.8. The smallest absolute Gasteiger partial charge is 0.165 e. The van der Waals surface area contributed by atoms with Crippen LogP contribution in [0.15, 0.2) is 67.0 Å². The molecule has 3 rings (SSSR count). The summed E-state index contributed by atoms with van der Waals surface area (Å²) in [6.45, 7) is 2.17. The van der Waals surface area contributed by atoms with Crippen LogP contribution >= 0.6 is 0 Å². The SMILES string of the molecule is Cc1cc(NC(COc2ccccc2F)c2ccccc2)ncn1. The molecule has 122 valence electrons. The third-order valence-corrected chi connectivity index (χ3v) is 3.57. The lowest BCUT2D eigenvalue weighted by atomic mass is 10.1. The Kier molecular flexibility index (Phi) is 5.01. The normalized spacial score (nSPS) is 11.8. The number of benzene rings is 2. The number of halogens is 1. The van der Waals surface area contributed by atoms with Crippen LogP contribution < -0.4 is 10.1 Å². The van der Waals surface area contributed by atoms with E-state index in [1.807, 2.05) is 43.3 Å². The van der Waals surface area contributed by atoms with Crippen molar-refractivity contribution >= 4 is 5.82 Å². The number of hydrogen-bond donors (Lipinski definition) is 1. The molecule has 3 aromatic rings. The molecule has 5 heteroatoms. The molecule has 0 saturated carbocycles. The van der Waals surface area contributed by atoms with E-state index in [-0.39, 0.29) is 24.2 Å². The summed E-state index contributed by atoms with van der Waals surface area (Å²) in [6.07, 6.45) is 1.51. The maximum Gasteiger partial charge on any atom is 0.165 e. The molecule has 1 unspecified atom stereocenters. The van der Waals surface area contributed by atoms with Crippen molar-refractivity contribution in [3.63, 3.8) is 0 Å². The van der Waals surface area contributed by atoms with Crippen LogP contribution in [-0.2, 0) is 0 Å². The second kappa shape index (κ2) is 7.55. The number of aromatic nitrogens is 2. The van der Waals surface area contributed by atoms with Gasteiger partial charge in [-0.25, -0.2) is 14.4 Å². The van der Waals surface area contributed by atoms with Crippen LogP contribution in [0.3, 0.4) is 0 Å². The molecular weight excluding hydrogens is 305 g/mol. The molecular formula is C19H18FN3O. The van der Waals surface area contributed by atoms with Gasteiger partial charge in [0.15, 0.2) is 11.6 Å². The van der Waals surface area contributed by atoms with E-state index in [4.69, 9.17) is 4.74 Å². The molecule has 24 heavy (non-hydrogen) atoms. The maximum atomic E-state index is 13.8. The lowest BCUT2D eigenvalue weighted by molar-refractivity contribution is 0.284. The highest BCUT2D eigenvalue weighted by Gasteiger charge is 2.14. The van der Waals surface area contributed by atoms with Gasteiger partial charge in [-0.1, -0.05) is 42.5 Å². The summed E-state index contributed by atoms with van der Waals surface area (Å²) >= 11 is 0. The highest BCUT2D eigenvalue weighted by Crippen LogP contribution is 2.22. The second-order valence-electron chi connectivity index (χ2n) is 5.39. The van der Waals surface area contributed by atoms with E-state index in [9.17, 15) is 4.39 Å². The van der Waals surface area contributed by atoms with E-state index in [0.717, 1.165) is 11.3 Å². The van der Waals surface area contributed by atoms with Gasteiger partial charge in [0, 0.05) is 11.8 Å². The molecule has 0 aliphatic rings. The fourth-order valence-corrected chi connectivity index (χ4v) is 2.35. The van der Waals surface area contributed by atoms with E-state index < -0.39 is 0 Å². The van der Waals surface area contributed by atoms with Crippen molar-refractivity contribution in [2.24, 2.45) is 0 Å². The number of hydrogen-bond acceptors (Lipinski definition) is 4. The van der Waals surface area contributed by atoms with E-state index in [1.165, 1.54) is 12.4 Å². The lowest BCUT2D eigenvalue weighted by Crippen LogP contribution is -2.20. The number of nitrogens with one attached hydrogen (secondary N) is 1. The first-order valence-corrected chi connectivity index (χ1v) is 7.70. The van der Waals surface area contributed by atoms with Crippen molar-refractivity contribution in [3.05, 3.63) is 84.1 Å². The van der Waals surface area contributed by atoms with E-state index >= 15 is 0 Å². The zero-order chi connectivity index (χ0) is 16.8. The van der Waals surface area contributed by atoms with Crippen LogP contribution in [0.25, 0.3) is 0 Å². The largest absolute Gasteiger partial charge is 0.488 e. The minimum absolute atomic E-state index is 0.167. The Bertz CT molecular complexity index is 795. The fourth-order valence-electron chi connectivity index (χ4n) is 2.35. The Hall–Kier alpha value is -2.95. The molecule has 0 saturated heterocycles. The number of para-hydroxylation sites is 1. The Morgan fingerprint density at radius 2 is 1.79 bits per heavy atom. The minimum atomic E-state index is -0.373. The second-order valence-corrected chi connectivity index (χ2v) is 5.39. The molecule has 4 nitrogen and oxygen atoms in total. The molecule has 0 aliphatic carbocycles. The van der Waals surface area contributed by atoms with Gasteiger partial charge in [0.25, 0.3) is 0 Å². The van der Waals surface area contributed by atoms with E-state index in [1.54, 1.807) is 18.2 Å². The molecule has 1 N–H and O–H groups in total. The summed E-state index contributed by atoms with van der Waals surface area (Å²) in [5.41, 5.74) is 1.90. The molecule has 0 amide bonds. The van der Waals surface area contributed by atoms with E-state index in [2.05, 4.69) is 15.3 Å². The molecule has 2 aromatic carbocycles. The van der Waals surface area contributed by atoms with Gasteiger partial charge < -0.3 is 10.1 Å². The van der Waals surface area contributed by atoms with Gasteiger partial charge in [0.1, 0.15) is 18.8 Å². The number of aryl methyl sites for hydroxylation is 1. The predicted molar refractivity (Wildman–Crippen MR) is 91.5 cm³/mol. The van der Waals surface area contributed by atoms with Gasteiger partial charge in [-0.05, 0) is 24.6 Å². The third-order valence-electron chi connectivity index (χ3n) is 3.57. The monoisotopic (exact) mass is 323 g/mol. The zero-order valence-electron chi connectivity index (χ0n) is 13.3. The van der Waals surface area contributed by atoms with Gasteiger partial charge >= 0.3 is 0 Å². The Balaban J connectivity index is 1.79. The number of ether oxygens (including phenoxy) is 1. The first kappa shape index (κ1) is 15.9.